The highest BCUT2D eigenvalue weighted by molar-refractivity contribution is 7.98. The second-order valence-electron chi connectivity index (χ2n) is 6.54. The van der Waals surface area contributed by atoms with Crippen molar-refractivity contribution in [3.8, 4) is 0 Å². The van der Waals surface area contributed by atoms with Crippen LogP contribution in [-0.4, -0.2) is 63.0 Å². The summed E-state index contributed by atoms with van der Waals surface area (Å²) in [6, 6.07) is 11.7. The van der Waals surface area contributed by atoms with Crippen molar-refractivity contribution in [2.75, 3.05) is 44.8 Å². The predicted octanol–water partition coefficient (Wildman–Crippen LogP) is 3.25. The quantitative estimate of drug-likeness (QED) is 0.724. The largest absolute Gasteiger partial charge is 0.322 e. The van der Waals surface area contributed by atoms with Crippen LogP contribution in [0, 0.1) is 0 Å². The van der Waals surface area contributed by atoms with Gasteiger partial charge in [-0.15, -0.1) is 11.8 Å². The number of rotatable bonds is 5. The number of piperazine rings is 1. The van der Waals surface area contributed by atoms with Crippen LogP contribution in [-0.2, 0) is 10.0 Å². The van der Waals surface area contributed by atoms with E-state index in [9.17, 15) is 13.2 Å². The molecule has 0 radical (unpaired) electrons. The molecule has 1 heterocycles. The molecule has 1 aliphatic rings. The zero-order valence-electron chi connectivity index (χ0n) is 15.7. The van der Waals surface area contributed by atoms with Gasteiger partial charge >= 0.3 is 0 Å². The van der Waals surface area contributed by atoms with Crippen LogP contribution >= 0.6 is 23.4 Å². The number of likely N-dealkylation sites (N-methyl/N-ethyl adjacent to an activating group) is 1. The first kappa shape index (κ1) is 21.1. The molecule has 1 amide bonds. The van der Waals surface area contributed by atoms with E-state index in [1.165, 1.54) is 22.5 Å². The van der Waals surface area contributed by atoms with E-state index >= 15 is 0 Å². The number of hydrogen-bond donors (Lipinski definition) is 1. The minimum atomic E-state index is -3.68. The Balaban J connectivity index is 1.85. The molecular weight excluding hydrogens is 418 g/mol. The molecule has 0 atom stereocenters. The van der Waals surface area contributed by atoms with Crippen LogP contribution in [0.1, 0.15) is 10.4 Å². The summed E-state index contributed by atoms with van der Waals surface area (Å²) in [4.78, 5) is 15.9. The summed E-state index contributed by atoms with van der Waals surface area (Å²) in [5, 5.41) is 2.99. The average molecular weight is 440 g/mol. The molecule has 3 rings (SSSR count). The molecule has 9 heteroatoms. The number of hydrogen-bond acceptors (Lipinski definition) is 5. The van der Waals surface area contributed by atoms with E-state index in [2.05, 4.69) is 10.2 Å². The van der Waals surface area contributed by atoms with Crippen molar-refractivity contribution in [3.63, 3.8) is 0 Å². The van der Waals surface area contributed by atoms with Crippen LogP contribution in [0.2, 0.25) is 5.02 Å². The molecule has 1 aliphatic heterocycles. The van der Waals surface area contributed by atoms with E-state index in [0.717, 1.165) is 4.90 Å². The smallest absolute Gasteiger partial charge is 0.257 e. The Morgan fingerprint density at radius 2 is 1.82 bits per heavy atom. The van der Waals surface area contributed by atoms with E-state index in [0.29, 0.717) is 31.9 Å². The summed E-state index contributed by atoms with van der Waals surface area (Å²) < 4.78 is 27.3. The molecular formula is C19H22ClN3O3S2. The van der Waals surface area contributed by atoms with Crippen molar-refractivity contribution in [3.05, 3.63) is 53.1 Å². The summed E-state index contributed by atoms with van der Waals surface area (Å²) >= 11 is 7.76. The SMILES string of the molecule is CSc1cccc(NC(=O)c2cc(S(=O)(=O)N3CCN(C)CC3)ccc2Cl)c1. The van der Waals surface area contributed by atoms with E-state index in [-0.39, 0.29) is 15.5 Å². The van der Waals surface area contributed by atoms with Gasteiger partial charge in [0.15, 0.2) is 0 Å². The molecule has 28 heavy (non-hydrogen) atoms. The molecule has 1 saturated heterocycles. The topological polar surface area (TPSA) is 69.7 Å². The van der Waals surface area contributed by atoms with Crippen molar-refractivity contribution in [2.24, 2.45) is 0 Å². The summed E-state index contributed by atoms with van der Waals surface area (Å²) in [5.41, 5.74) is 0.756. The number of nitrogens with one attached hydrogen (secondary N) is 1. The maximum atomic E-state index is 13.0. The van der Waals surface area contributed by atoms with Crippen molar-refractivity contribution < 1.29 is 13.2 Å². The highest BCUT2D eigenvalue weighted by Gasteiger charge is 2.28. The second kappa shape index (κ2) is 8.84. The number of anilines is 1. The van der Waals surface area contributed by atoms with Gasteiger partial charge in [-0.1, -0.05) is 17.7 Å². The fourth-order valence-corrected chi connectivity index (χ4v) is 5.03. The van der Waals surface area contributed by atoms with Gasteiger partial charge in [-0.3, -0.25) is 4.79 Å². The van der Waals surface area contributed by atoms with E-state index < -0.39 is 15.9 Å². The lowest BCUT2D eigenvalue weighted by Crippen LogP contribution is -2.47. The molecule has 0 saturated carbocycles. The Morgan fingerprint density at radius 3 is 2.50 bits per heavy atom. The van der Waals surface area contributed by atoms with Crippen molar-refractivity contribution in [1.29, 1.82) is 0 Å². The molecule has 0 spiro atoms. The minimum absolute atomic E-state index is 0.0736. The standard InChI is InChI=1S/C19H22ClN3O3S2/c1-22-8-10-23(11-9-22)28(25,26)16-6-7-18(20)17(13-16)19(24)21-14-4-3-5-15(12-14)27-2/h3-7,12-13H,8-11H2,1-2H3,(H,21,24). The lowest BCUT2D eigenvalue weighted by molar-refractivity contribution is 0.102. The zero-order valence-corrected chi connectivity index (χ0v) is 18.1. The van der Waals surface area contributed by atoms with E-state index in [1.807, 2.05) is 31.5 Å². The number of nitrogens with zero attached hydrogens (tertiary/aromatic N) is 2. The number of halogens is 1. The van der Waals surface area contributed by atoms with Gasteiger partial charge in [-0.2, -0.15) is 4.31 Å². The Kier molecular flexibility index (Phi) is 6.67. The summed E-state index contributed by atoms with van der Waals surface area (Å²) in [6.07, 6.45) is 1.95. The van der Waals surface area contributed by atoms with Crippen molar-refractivity contribution in [1.82, 2.24) is 9.21 Å². The molecule has 6 nitrogen and oxygen atoms in total. The fraction of sp³-hybridized carbons (Fsp3) is 0.316. The van der Waals surface area contributed by atoms with Crippen molar-refractivity contribution >= 4 is 45.0 Å². The molecule has 1 fully saturated rings. The minimum Gasteiger partial charge on any atom is -0.322 e. The van der Waals surface area contributed by atoms with Gasteiger partial charge in [0.05, 0.1) is 15.5 Å². The van der Waals surface area contributed by atoms with Gasteiger partial charge in [0.25, 0.3) is 5.91 Å². The lowest BCUT2D eigenvalue weighted by atomic mass is 10.2. The lowest BCUT2D eigenvalue weighted by Gasteiger charge is -2.31. The van der Waals surface area contributed by atoms with Gasteiger partial charge in [0.1, 0.15) is 0 Å². The van der Waals surface area contributed by atoms with Crippen LogP contribution in [0.25, 0.3) is 0 Å². The second-order valence-corrected chi connectivity index (χ2v) is 9.76. The van der Waals surface area contributed by atoms with Gasteiger partial charge in [-0.05, 0) is 49.7 Å². The molecule has 0 aliphatic carbocycles. The Hall–Kier alpha value is -1.58. The first-order valence-electron chi connectivity index (χ1n) is 8.75. The Bertz CT molecular complexity index is 974. The molecule has 0 bridgehead atoms. The molecule has 1 N–H and O–H groups in total. The van der Waals surface area contributed by atoms with E-state index in [4.69, 9.17) is 11.6 Å². The summed E-state index contributed by atoms with van der Waals surface area (Å²) in [5.74, 6) is -0.446. The van der Waals surface area contributed by atoms with Crippen LogP contribution < -0.4 is 5.32 Å². The number of carbonyl (C=O) groups is 1. The summed E-state index contributed by atoms with van der Waals surface area (Å²) in [7, 11) is -1.72. The van der Waals surface area contributed by atoms with E-state index in [1.54, 1.807) is 17.8 Å². The molecule has 2 aromatic rings. The number of sulfonamides is 1. The average Bonchev–Trinajstić information content (AvgIpc) is 2.68. The maximum absolute atomic E-state index is 13.0. The Morgan fingerprint density at radius 1 is 1.11 bits per heavy atom. The van der Waals surface area contributed by atoms with Gasteiger partial charge in [0, 0.05) is 36.8 Å². The maximum Gasteiger partial charge on any atom is 0.257 e. The fourth-order valence-electron chi connectivity index (χ4n) is 2.92. The van der Waals surface area contributed by atoms with Gasteiger partial charge < -0.3 is 10.2 Å². The first-order chi connectivity index (χ1) is 13.3. The molecule has 0 aromatic heterocycles. The first-order valence-corrected chi connectivity index (χ1v) is 11.8. The monoisotopic (exact) mass is 439 g/mol. The van der Waals surface area contributed by atoms with Crippen LogP contribution in [0.5, 0.6) is 0 Å². The van der Waals surface area contributed by atoms with Crippen LogP contribution in [0.4, 0.5) is 5.69 Å². The van der Waals surface area contributed by atoms with Gasteiger partial charge in [0.2, 0.25) is 10.0 Å². The third-order valence-electron chi connectivity index (χ3n) is 4.61. The highest BCUT2D eigenvalue weighted by atomic mass is 35.5. The number of thioether (sulfide) groups is 1. The molecule has 150 valence electrons. The molecule has 0 unspecified atom stereocenters. The predicted molar refractivity (Wildman–Crippen MR) is 114 cm³/mol. The molecule has 2 aromatic carbocycles. The number of amides is 1. The van der Waals surface area contributed by atoms with Crippen LogP contribution in [0.15, 0.2) is 52.3 Å². The number of benzene rings is 2. The Labute approximate surface area is 174 Å². The highest BCUT2D eigenvalue weighted by Crippen LogP contribution is 2.25. The zero-order chi connectivity index (χ0) is 20.3. The van der Waals surface area contributed by atoms with Crippen LogP contribution in [0.3, 0.4) is 0 Å². The summed E-state index contributed by atoms with van der Waals surface area (Å²) in [6.45, 7) is 2.19. The third-order valence-corrected chi connectivity index (χ3v) is 7.56. The number of carbonyl (C=O) groups excluding carboxylic acids is 1. The van der Waals surface area contributed by atoms with Crippen molar-refractivity contribution in [2.45, 2.75) is 9.79 Å². The normalized spacial score (nSPS) is 16.1. The third kappa shape index (κ3) is 4.69. The van der Waals surface area contributed by atoms with Gasteiger partial charge in [-0.25, -0.2) is 8.42 Å².